The van der Waals surface area contributed by atoms with Crippen molar-refractivity contribution in [1.82, 2.24) is 9.13 Å². The largest absolute Gasteiger partial charge is 0.310 e. The first-order valence-corrected chi connectivity index (χ1v) is 17.5. The molecule has 1 aliphatic rings. The van der Waals surface area contributed by atoms with Crippen LogP contribution in [0.2, 0.25) is 0 Å². The van der Waals surface area contributed by atoms with E-state index in [2.05, 4.69) is 191 Å². The lowest BCUT2D eigenvalue weighted by Gasteiger charge is -2.14. The molecular formula is C48H34N2. The Balaban J connectivity index is 1.07. The Labute approximate surface area is 291 Å². The molecule has 0 bridgehead atoms. The monoisotopic (exact) mass is 638 g/mol. The molecule has 50 heavy (non-hydrogen) atoms. The van der Waals surface area contributed by atoms with Gasteiger partial charge < -0.3 is 9.13 Å². The van der Waals surface area contributed by atoms with E-state index in [4.69, 9.17) is 0 Å². The summed E-state index contributed by atoms with van der Waals surface area (Å²) in [4.78, 5) is 0. The van der Waals surface area contributed by atoms with Crippen molar-refractivity contribution in [2.75, 3.05) is 0 Å². The minimum absolute atomic E-state index is 1.09. The molecule has 2 aromatic heterocycles. The van der Waals surface area contributed by atoms with Gasteiger partial charge in [0.1, 0.15) is 0 Å². The first kappa shape index (κ1) is 28.6. The van der Waals surface area contributed by atoms with Gasteiger partial charge in [0.25, 0.3) is 0 Å². The second-order valence-electron chi connectivity index (χ2n) is 13.3. The van der Waals surface area contributed by atoms with Crippen LogP contribution in [-0.2, 0) is 6.42 Å². The third-order valence-electron chi connectivity index (χ3n) is 10.4. The maximum atomic E-state index is 2.43. The molecule has 0 amide bonds. The van der Waals surface area contributed by atoms with Crippen molar-refractivity contribution in [3.8, 4) is 44.8 Å². The molecule has 2 nitrogen and oxygen atoms in total. The number of benzene rings is 7. The van der Waals surface area contributed by atoms with Gasteiger partial charge in [-0.15, -0.1) is 0 Å². The average Bonchev–Trinajstić information content (AvgIpc) is 3.71. The molecule has 2 heterocycles. The molecule has 0 unspecified atom stereocenters. The zero-order valence-electron chi connectivity index (χ0n) is 27.6. The third kappa shape index (κ3) is 4.64. The maximum Gasteiger partial charge on any atom is 0.0541 e. The molecule has 2 heteroatoms. The van der Waals surface area contributed by atoms with Crippen molar-refractivity contribution < 1.29 is 0 Å². The summed E-state index contributed by atoms with van der Waals surface area (Å²) in [7, 11) is 0. The number of hydrogen-bond donors (Lipinski definition) is 0. The van der Waals surface area contributed by atoms with E-state index in [1.54, 1.807) is 0 Å². The zero-order chi connectivity index (χ0) is 33.0. The van der Waals surface area contributed by atoms with Crippen molar-refractivity contribution in [1.29, 1.82) is 0 Å². The van der Waals surface area contributed by atoms with Crippen molar-refractivity contribution in [2.45, 2.75) is 12.8 Å². The Bertz CT molecular complexity index is 2670. The number of para-hydroxylation sites is 3. The Morgan fingerprint density at radius 3 is 1.36 bits per heavy atom. The SMILES string of the molecule is C1=Cc2c(c3ccccc3n2-c2ccc(-c3cc(-c4ccccc4)cc(-c4ccc(-n5c6ccccc6c6ccccc65)cc4)c3)cc2)CC1. The molecule has 1 aliphatic carbocycles. The fourth-order valence-electron chi connectivity index (χ4n) is 8.03. The summed E-state index contributed by atoms with van der Waals surface area (Å²) in [5.41, 5.74) is 16.1. The van der Waals surface area contributed by atoms with Gasteiger partial charge in [-0.2, -0.15) is 0 Å². The van der Waals surface area contributed by atoms with Gasteiger partial charge in [-0.1, -0.05) is 115 Å². The van der Waals surface area contributed by atoms with E-state index in [-0.39, 0.29) is 0 Å². The molecule has 0 saturated heterocycles. The molecule has 9 aromatic rings. The van der Waals surface area contributed by atoms with Crippen LogP contribution in [-0.4, -0.2) is 9.13 Å². The first-order chi connectivity index (χ1) is 24.8. The van der Waals surface area contributed by atoms with E-state index >= 15 is 0 Å². The lowest BCUT2D eigenvalue weighted by molar-refractivity contribution is 0.967. The molecule has 0 N–H and O–H groups in total. The van der Waals surface area contributed by atoms with E-state index in [1.807, 2.05) is 0 Å². The van der Waals surface area contributed by atoms with Gasteiger partial charge in [0.2, 0.25) is 0 Å². The molecule has 0 spiro atoms. The van der Waals surface area contributed by atoms with E-state index in [0.717, 1.165) is 18.5 Å². The van der Waals surface area contributed by atoms with Gasteiger partial charge in [0, 0.05) is 33.2 Å². The highest BCUT2D eigenvalue weighted by Crippen LogP contribution is 2.37. The van der Waals surface area contributed by atoms with Gasteiger partial charge in [-0.3, -0.25) is 0 Å². The topological polar surface area (TPSA) is 9.86 Å². The molecule has 0 aliphatic heterocycles. The van der Waals surface area contributed by atoms with Crippen LogP contribution in [0.3, 0.4) is 0 Å². The van der Waals surface area contributed by atoms with Crippen LogP contribution in [0, 0.1) is 0 Å². The lowest BCUT2D eigenvalue weighted by Crippen LogP contribution is -2.00. The van der Waals surface area contributed by atoms with E-state index in [0.29, 0.717) is 0 Å². The van der Waals surface area contributed by atoms with Crippen molar-refractivity contribution in [2.24, 2.45) is 0 Å². The summed E-state index contributed by atoms with van der Waals surface area (Å²) in [5.74, 6) is 0. The first-order valence-electron chi connectivity index (χ1n) is 17.5. The lowest BCUT2D eigenvalue weighted by atomic mass is 9.93. The van der Waals surface area contributed by atoms with Crippen molar-refractivity contribution >= 4 is 38.8 Å². The minimum Gasteiger partial charge on any atom is -0.310 e. The third-order valence-corrected chi connectivity index (χ3v) is 10.4. The van der Waals surface area contributed by atoms with Gasteiger partial charge >= 0.3 is 0 Å². The Morgan fingerprint density at radius 1 is 0.360 bits per heavy atom. The normalized spacial score (nSPS) is 12.6. The Kier molecular flexibility index (Phi) is 6.67. The molecule has 0 saturated carbocycles. The van der Waals surface area contributed by atoms with Gasteiger partial charge in [-0.25, -0.2) is 0 Å². The van der Waals surface area contributed by atoms with E-state index < -0.39 is 0 Å². The molecule has 0 radical (unpaired) electrons. The number of aryl methyl sites for hydroxylation is 1. The van der Waals surface area contributed by atoms with Crippen LogP contribution >= 0.6 is 0 Å². The highest BCUT2D eigenvalue weighted by Gasteiger charge is 2.18. The Hall–Kier alpha value is -6.38. The van der Waals surface area contributed by atoms with Gasteiger partial charge in [-0.05, 0) is 119 Å². The number of aromatic nitrogens is 2. The summed E-state index contributed by atoms with van der Waals surface area (Å²) >= 11 is 0. The molecule has 236 valence electrons. The predicted octanol–water partition coefficient (Wildman–Crippen LogP) is 12.7. The second-order valence-corrected chi connectivity index (χ2v) is 13.3. The summed E-state index contributed by atoms with van der Waals surface area (Å²) in [6.07, 6.45) is 6.79. The van der Waals surface area contributed by atoms with Gasteiger partial charge in [0.15, 0.2) is 0 Å². The summed E-state index contributed by atoms with van der Waals surface area (Å²) in [5, 5.41) is 3.92. The van der Waals surface area contributed by atoms with E-state index in [1.165, 1.54) is 83.0 Å². The second kappa shape index (κ2) is 11.6. The number of rotatable bonds is 5. The summed E-state index contributed by atoms with van der Waals surface area (Å²) in [6.45, 7) is 0. The molecule has 10 rings (SSSR count). The van der Waals surface area contributed by atoms with Crippen LogP contribution in [0.5, 0.6) is 0 Å². The summed E-state index contributed by atoms with van der Waals surface area (Å²) < 4.78 is 4.80. The predicted molar refractivity (Wildman–Crippen MR) is 211 cm³/mol. The average molecular weight is 639 g/mol. The van der Waals surface area contributed by atoms with Crippen molar-refractivity contribution in [3.63, 3.8) is 0 Å². The van der Waals surface area contributed by atoms with Crippen LogP contribution in [0.4, 0.5) is 0 Å². The molecule has 0 fully saturated rings. The highest BCUT2D eigenvalue weighted by atomic mass is 15.0. The zero-order valence-corrected chi connectivity index (χ0v) is 27.6. The number of fused-ring (bicyclic) bond motifs is 6. The maximum absolute atomic E-state index is 2.43. The van der Waals surface area contributed by atoms with Crippen LogP contribution in [0.15, 0.2) is 176 Å². The fraction of sp³-hybridized carbons (Fsp3) is 0.0417. The fourth-order valence-corrected chi connectivity index (χ4v) is 8.03. The minimum atomic E-state index is 1.09. The van der Waals surface area contributed by atoms with Crippen LogP contribution < -0.4 is 0 Å². The van der Waals surface area contributed by atoms with Gasteiger partial charge in [0.05, 0.1) is 16.6 Å². The van der Waals surface area contributed by atoms with Crippen LogP contribution in [0.1, 0.15) is 17.7 Å². The molecule has 7 aromatic carbocycles. The molecule has 0 atom stereocenters. The highest BCUT2D eigenvalue weighted by molar-refractivity contribution is 6.09. The van der Waals surface area contributed by atoms with Crippen molar-refractivity contribution in [3.05, 3.63) is 187 Å². The van der Waals surface area contributed by atoms with E-state index in [9.17, 15) is 0 Å². The standard InChI is InChI=1S/C48H34N2/c1-2-12-33(13-3-1)36-30-37(34-22-26-39(27-23-34)49-45-18-8-4-14-41(45)42-15-5-9-19-46(42)49)32-38(31-36)35-24-28-40(29-25-35)50-47-20-10-6-16-43(47)44-17-7-11-21-48(44)50/h1-6,8-16,18-32H,7,17H2. The summed E-state index contributed by atoms with van der Waals surface area (Å²) in [6, 6.07) is 62.1. The smallest absolute Gasteiger partial charge is 0.0541 e. The van der Waals surface area contributed by atoms with Crippen LogP contribution in [0.25, 0.3) is 83.5 Å². The quantitative estimate of drug-likeness (QED) is 0.178. The Morgan fingerprint density at radius 2 is 0.800 bits per heavy atom. The molecular weight excluding hydrogens is 605 g/mol. The number of hydrogen-bond acceptors (Lipinski definition) is 0. The number of nitrogens with zero attached hydrogens (tertiary/aromatic N) is 2. The number of allylic oxidation sites excluding steroid dienone is 1.